The highest BCUT2D eigenvalue weighted by Crippen LogP contribution is 2.54. The highest BCUT2D eigenvalue weighted by Gasteiger charge is 2.52. The van der Waals surface area contributed by atoms with Crippen molar-refractivity contribution in [1.82, 2.24) is 0 Å². The van der Waals surface area contributed by atoms with Gasteiger partial charge in [-0.3, -0.25) is 0 Å². The molecule has 1 aromatic carbocycles. The smallest absolute Gasteiger partial charge is 0.419 e. The molecule has 2 fully saturated rings. The van der Waals surface area contributed by atoms with Gasteiger partial charge in [0.25, 0.3) is 0 Å². The molecule has 0 radical (unpaired) electrons. The second-order valence-electron chi connectivity index (χ2n) is 6.34. The average Bonchev–Trinajstić information content (AvgIpc) is 3.07. The minimum atomic E-state index is -4.63. The Balaban J connectivity index is 2.02. The summed E-state index contributed by atoms with van der Waals surface area (Å²) in [6.45, 7) is 3.74. The lowest BCUT2D eigenvalue weighted by Crippen LogP contribution is -2.40. The third-order valence-electron chi connectivity index (χ3n) is 5.01. The van der Waals surface area contributed by atoms with Crippen LogP contribution < -0.4 is 9.84 Å². The zero-order valence-corrected chi connectivity index (χ0v) is 12.4. The van der Waals surface area contributed by atoms with Crippen LogP contribution in [0.5, 0.6) is 5.75 Å². The quantitative estimate of drug-likeness (QED) is 0.799. The number of carbonyl (C=O) groups is 1. The van der Waals surface area contributed by atoms with Crippen LogP contribution in [0, 0.1) is 11.8 Å². The van der Waals surface area contributed by atoms with Crippen LogP contribution >= 0.6 is 0 Å². The van der Waals surface area contributed by atoms with E-state index in [9.17, 15) is 23.1 Å². The number of hydrogen-bond acceptors (Lipinski definition) is 3. The van der Waals surface area contributed by atoms with Gasteiger partial charge in [-0.1, -0.05) is 12.6 Å². The average molecular weight is 325 g/mol. The van der Waals surface area contributed by atoms with Gasteiger partial charge in [0.15, 0.2) is 0 Å². The standard InChI is InChI=1S/C17H17F3O3/c1-2-16(9-10-3-5-12(16)7-10)23-14-8-11(15(21)22)4-6-13(14)17(18,19)20/h2,4,6,8,10,12H,1,3,5,7,9H2,(H,21,22)/p-1. The van der Waals surface area contributed by atoms with Crippen molar-refractivity contribution in [1.29, 1.82) is 0 Å². The number of hydrogen-bond donors (Lipinski definition) is 0. The van der Waals surface area contributed by atoms with Gasteiger partial charge in [-0.2, -0.15) is 13.2 Å². The lowest BCUT2D eigenvalue weighted by atomic mass is 9.84. The number of fused-ring (bicyclic) bond motifs is 2. The summed E-state index contributed by atoms with van der Waals surface area (Å²) in [6, 6.07) is 2.51. The van der Waals surface area contributed by atoms with E-state index in [1.807, 2.05) is 0 Å². The molecule has 0 saturated heterocycles. The summed E-state index contributed by atoms with van der Waals surface area (Å²) in [5.41, 5.74) is -2.17. The van der Waals surface area contributed by atoms with Crippen LogP contribution in [0.4, 0.5) is 13.2 Å². The number of carboxylic acid groups (broad SMARTS) is 1. The van der Waals surface area contributed by atoms with E-state index >= 15 is 0 Å². The van der Waals surface area contributed by atoms with Crippen molar-refractivity contribution >= 4 is 5.97 Å². The molecule has 6 heteroatoms. The molecule has 3 nitrogen and oxygen atoms in total. The number of carboxylic acids is 1. The molecular weight excluding hydrogens is 309 g/mol. The molecule has 0 aliphatic heterocycles. The molecule has 2 bridgehead atoms. The van der Waals surface area contributed by atoms with Crippen LogP contribution in [-0.4, -0.2) is 11.6 Å². The molecule has 0 spiro atoms. The summed E-state index contributed by atoms with van der Waals surface area (Å²) >= 11 is 0. The Morgan fingerprint density at radius 3 is 2.61 bits per heavy atom. The molecule has 0 heterocycles. The molecule has 2 aliphatic carbocycles. The second kappa shape index (κ2) is 5.28. The first-order valence-corrected chi connectivity index (χ1v) is 7.50. The van der Waals surface area contributed by atoms with Gasteiger partial charge in [0.1, 0.15) is 11.4 Å². The van der Waals surface area contributed by atoms with Gasteiger partial charge in [-0.15, -0.1) is 0 Å². The number of alkyl halides is 3. The van der Waals surface area contributed by atoms with Crippen molar-refractivity contribution in [3.05, 3.63) is 42.0 Å². The van der Waals surface area contributed by atoms with Crippen molar-refractivity contribution < 1.29 is 27.8 Å². The van der Waals surface area contributed by atoms with Crippen LogP contribution in [0.2, 0.25) is 0 Å². The van der Waals surface area contributed by atoms with Crippen molar-refractivity contribution in [3.8, 4) is 5.75 Å². The molecule has 3 atom stereocenters. The molecule has 0 amide bonds. The topological polar surface area (TPSA) is 49.4 Å². The fraction of sp³-hybridized carbons (Fsp3) is 0.471. The molecule has 23 heavy (non-hydrogen) atoms. The maximum atomic E-state index is 13.2. The van der Waals surface area contributed by atoms with Crippen molar-refractivity contribution in [2.45, 2.75) is 37.5 Å². The predicted molar refractivity (Wildman–Crippen MR) is 74.8 cm³/mol. The zero-order chi connectivity index (χ0) is 16.8. The number of ether oxygens (including phenoxy) is 1. The highest BCUT2D eigenvalue weighted by molar-refractivity contribution is 5.86. The second-order valence-corrected chi connectivity index (χ2v) is 6.34. The number of carbonyl (C=O) groups excluding carboxylic acids is 1. The molecule has 1 aromatic rings. The molecule has 124 valence electrons. The van der Waals surface area contributed by atoms with Crippen LogP contribution in [-0.2, 0) is 6.18 Å². The summed E-state index contributed by atoms with van der Waals surface area (Å²) in [6.07, 6.45) is 0.414. The first kappa shape index (κ1) is 15.9. The number of halogens is 3. The van der Waals surface area contributed by atoms with Crippen molar-refractivity contribution in [2.75, 3.05) is 0 Å². The number of rotatable bonds is 4. The van der Waals surface area contributed by atoms with Gasteiger partial charge < -0.3 is 14.6 Å². The maximum absolute atomic E-state index is 13.2. The molecule has 2 aliphatic rings. The van der Waals surface area contributed by atoms with Gasteiger partial charge in [0.05, 0.1) is 11.5 Å². The summed E-state index contributed by atoms with van der Waals surface area (Å²) in [5.74, 6) is -1.45. The lowest BCUT2D eigenvalue weighted by Gasteiger charge is -2.36. The van der Waals surface area contributed by atoms with Crippen LogP contribution in [0.15, 0.2) is 30.9 Å². The Morgan fingerprint density at radius 1 is 1.39 bits per heavy atom. The fourth-order valence-corrected chi connectivity index (χ4v) is 3.91. The number of aromatic carboxylic acids is 1. The third-order valence-corrected chi connectivity index (χ3v) is 5.01. The lowest BCUT2D eigenvalue weighted by molar-refractivity contribution is -0.255. The molecule has 3 rings (SSSR count). The van der Waals surface area contributed by atoms with E-state index < -0.39 is 29.1 Å². The van der Waals surface area contributed by atoms with E-state index in [-0.39, 0.29) is 11.5 Å². The van der Waals surface area contributed by atoms with Gasteiger partial charge in [0.2, 0.25) is 0 Å². The van der Waals surface area contributed by atoms with E-state index in [0.29, 0.717) is 12.3 Å². The number of benzene rings is 1. The normalized spacial score (nSPS) is 29.5. The van der Waals surface area contributed by atoms with E-state index in [1.54, 1.807) is 6.08 Å². The molecule has 0 N–H and O–H groups in total. The Morgan fingerprint density at radius 2 is 2.13 bits per heavy atom. The largest absolute Gasteiger partial charge is 0.545 e. The highest BCUT2D eigenvalue weighted by atomic mass is 19.4. The first-order chi connectivity index (χ1) is 10.7. The first-order valence-electron chi connectivity index (χ1n) is 7.50. The van der Waals surface area contributed by atoms with E-state index in [4.69, 9.17) is 4.74 Å². The van der Waals surface area contributed by atoms with E-state index in [1.165, 1.54) is 0 Å². The van der Waals surface area contributed by atoms with Crippen LogP contribution in [0.25, 0.3) is 0 Å². The van der Waals surface area contributed by atoms with Crippen LogP contribution in [0.3, 0.4) is 0 Å². The van der Waals surface area contributed by atoms with E-state index in [0.717, 1.165) is 37.5 Å². The molecule has 3 unspecified atom stereocenters. The third kappa shape index (κ3) is 2.71. The predicted octanol–water partition coefficient (Wildman–Crippen LogP) is 3.19. The van der Waals surface area contributed by atoms with Crippen molar-refractivity contribution in [3.63, 3.8) is 0 Å². The maximum Gasteiger partial charge on any atom is 0.419 e. The summed E-state index contributed by atoms with van der Waals surface area (Å²) in [4.78, 5) is 11.0. The van der Waals surface area contributed by atoms with Gasteiger partial charge in [-0.05, 0) is 49.8 Å². The Bertz CT molecular complexity index is 653. The monoisotopic (exact) mass is 325 g/mol. The molecular formula is C17H16F3O3-. The minimum Gasteiger partial charge on any atom is -0.545 e. The van der Waals surface area contributed by atoms with Gasteiger partial charge in [0, 0.05) is 11.5 Å². The Kier molecular flexibility index (Phi) is 3.65. The molecule has 2 saturated carbocycles. The van der Waals surface area contributed by atoms with Crippen LogP contribution in [0.1, 0.15) is 41.6 Å². The SMILES string of the molecule is C=CC1(Oc2cc(C(=O)[O-])ccc2C(F)(F)F)CC2CCC1C2. The van der Waals surface area contributed by atoms with Gasteiger partial charge in [-0.25, -0.2) is 0 Å². The fourth-order valence-electron chi connectivity index (χ4n) is 3.91. The summed E-state index contributed by atoms with van der Waals surface area (Å²) < 4.78 is 45.4. The van der Waals surface area contributed by atoms with Gasteiger partial charge >= 0.3 is 6.18 Å². The Hall–Kier alpha value is -1.98. The van der Waals surface area contributed by atoms with E-state index in [2.05, 4.69) is 6.58 Å². The molecule has 0 aromatic heterocycles. The summed E-state index contributed by atoms with van der Waals surface area (Å²) in [5, 5.41) is 11.0. The zero-order valence-electron chi connectivity index (χ0n) is 12.4. The summed E-state index contributed by atoms with van der Waals surface area (Å²) in [7, 11) is 0. The minimum absolute atomic E-state index is 0.123. The Labute approximate surface area is 131 Å². The van der Waals surface area contributed by atoms with Crippen molar-refractivity contribution in [2.24, 2.45) is 11.8 Å².